The second kappa shape index (κ2) is 8.52. The van der Waals surface area contributed by atoms with E-state index in [9.17, 15) is 9.59 Å². The predicted molar refractivity (Wildman–Crippen MR) is 64.4 cm³/mol. The van der Waals surface area contributed by atoms with Gasteiger partial charge in [0, 0.05) is 11.1 Å². The lowest BCUT2D eigenvalue weighted by Crippen LogP contribution is -2.10. The standard InChI is InChI=1S/C12H19NO4/c1-9(11(14)15)6-4-8-17-12(16)10(2)5-3-7-13/h1-8,13H2,(H,14,15). The van der Waals surface area contributed by atoms with Gasteiger partial charge in [-0.25, -0.2) is 9.59 Å². The molecule has 0 unspecified atom stereocenters. The molecule has 0 rings (SSSR count). The largest absolute Gasteiger partial charge is 0.478 e. The molecule has 3 N–H and O–H groups in total. The van der Waals surface area contributed by atoms with E-state index in [4.69, 9.17) is 15.6 Å². The fourth-order valence-electron chi connectivity index (χ4n) is 1.08. The SMILES string of the molecule is C=C(CCCOC(=O)C(=C)CCCN)C(=O)O. The van der Waals surface area contributed by atoms with Crippen molar-refractivity contribution in [3.63, 3.8) is 0 Å². The average Bonchev–Trinajstić information content (AvgIpc) is 2.30. The van der Waals surface area contributed by atoms with E-state index >= 15 is 0 Å². The first kappa shape index (κ1) is 15.4. The predicted octanol–water partition coefficient (Wildman–Crippen LogP) is 1.25. The smallest absolute Gasteiger partial charge is 0.333 e. The summed E-state index contributed by atoms with van der Waals surface area (Å²) >= 11 is 0. The highest BCUT2D eigenvalue weighted by atomic mass is 16.5. The average molecular weight is 241 g/mol. The topological polar surface area (TPSA) is 89.6 Å². The number of hydrogen-bond donors (Lipinski definition) is 2. The summed E-state index contributed by atoms with van der Waals surface area (Å²) in [6, 6.07) is 0. The molecular formula is C12H19NO4. The molecule has 0 atom stereocenters. The van der Waals surface area contributed by atoms with Crippen LogP contribution in [0, 0.1) is 0 Å². The number of aliphatic carboxylic acids is 1. The van der Waals surface area contributed by atoms with Crippen LogP contribution in [0.5, 0.6) is 0 Å². The van der Waals surface area contributed by atoms with Gasteiger partial charge in [-0.3, -0.25) is 0 Å². The van der Waals surface area contributed by atoms with Gasteiger partial charge in [-0.2, -0.15) is 0 Å². The summed E-state index contributed by atoms with van der Waals surface area (Å²) in [5.41, 5.74) is 5.81. The van der Waals surface area contributed by atoms with Crippen LogP contribution in [0.25, 0.3) is 0 Å². The molecule has 0 bridgehead atoms. The maximum Gasteiger partial charge on any atom is 0.333 e. The molecule has 0 amide bonds. The van der Waals surface area contributed by atoms with Crippen LogP contribution in [0.15, 0.2) is 24.3 Å². The van der Waals surface area contributed by atoms with Crippen molar-refractivity contribution in [2.75, 3.05) is 13.2 Å². The number of ether oxygens (including phenoxy) is 1. The lowest BCUT2D eigenvalue weighted by molar-refractivity contribution is -0.139. The lowest BCUT2D eigenvalue weighted by Gasteiger charge is -2.06. The third-order valence-corrected chi connectivity index (χ3v) is 2.13. The van der Waals surface area contributed by atoms with Gasteiger partial charge in [-0.1, -0.05) is 13.2 Å². The Morgan fingerprint density at radius 3 is 2.24 bits per heavy atom. The number of esters is 1. The number of carbonyl (C=O) groups is 2. The molecule has 5 heteroatoms. The first-order chi connectivity index (χ1) is 7.99. The Hall–Kier alpha value is -1.62. The molecule has 0 aliphatic heterocycles. The van der Waals surface area contributed by atoms with E-state index < -0.39 is 11.9 Å². The summed E-state index contributed by atoms with van der Waals surface area (Å²) in [6.07, 6.45) is 1.97. The van der Waals surface area contributed by atoms with E-state index in [2.05, 4.69) is 13.2 Å². The van der Waals surface area contributed by atoms with Gasteiger partial charge >= 0.3 is 11.9 Å². The Bertz CT molecular complexity index is 310. The molecule has 0 aliphatic carbocycles. The van der Waals surface area contributed by atoms with E-state index in [-0.39, 0.29) is 12.2 Å². The number of carboxylic acid groups (broad SMARTS) is 1. The van der Waals surface area contributed by atoms with Crippen molar-refractivity contribution < 1.29 is 19.4 Å². The van der Waals surface area contributed by atoms with Crippen LogP contribution in [-0.4, -0.2) is 30.2 Å². The maximum absolute atomic E-state index is 11.3. The van der Waals surface area contributed by atoms with Crippen LogP contribution in [0.3, 0.4) is 0 Å². The number of carbonyl (C=O) groups excluding carboxylic acids is 1. The number of hydrogen-bond acceptors (Lipinski definition) is 4. The summed E-state index contributed by atoms with van der Waals surface area (Å²) in [5.74, 6) is -1.47. The van der Waals surface area contributed by atoms with E-state index in [0.29, 0.717) is 37.8 Å². The van der Waals surface area contributed by atoms with Crippen LogP contribution in [0.4, 0.5) is 0 Å². The minimum Gasteiger partial charge on any atom is -0.478 e. The molecule has 5 nitrogen and oxygen atoms in total. The summed E-state index contributed by atoms with van der Waals surface area (Å²) in [6.45, 7) is 7.65. The Morgan fingerprint density at radius 1 is 1.12 bits per heavy atom. The molecular weight excluding hydrogens is 222 g/mol. The summed E-state index contributed by atoms with van der Waals surface area (Å²) < 4.78 is 4.92. The highest BCUT2D eigenvalue weighted by Crippen LogP contribution is 2.06. The second-order valence-electron chi connectivity index (χ2n) is 3.64. The van der Waals surface area contributed by atoms with Gasteiger partial charge in [0.05, 0.1) is 6.61 Å². The zero-order valence-corrected chi connectivity index (χ0v) is 9.91. The Morgan fingerprint density at radius 2 is 1.71 bits per heavy atom. The molecule has 0 aromatic rings. The Balaban J connectivity index is 3.68. The van der Waals surface area contributed by atoms with Crippen molar-refractivity contribution in [3.05, 3.63) is 24.3 Å². The van der Waals surface area contributed by atoms with Gasteiger partial charge in [0.2, 0.25) is 0 Å². The Kier molecular flexibility index (Phi) is 7.71. The molecule has 0 heterocycles. The molecule has 96 valence electrons. The van der Waals surface area contributed by atoms with Crippen LogP contribution >= 0.6 is 0 Å². The fraction of sp³-hybridized carbons (Fsp3) is 0.500. The number of nitrogens with two attached hydrogens (primary N) is 1. The highest BCUT2D eigenvalue weighted by molar-refractivity contribution is 5.87. The van der Waals surface area contributed by atoms with Crippen LogP contribution < -0.4 is 5.73 Å². The molecule has 0 spiro atoms. The highest BCUT2D eigenvalue weighted by Gasteiger charge is 2.08. The van der Waals surface area contributed by atoms with Crippen LogP contribution in [0.1, 0.15) is 25.7 Å². The summed E-state index contributed by atoms with van der Waals surface area (Å²) in [5, 5.41) is 8.54. The van der Waals surface area contributed by atoms with Gasteiger partial charge < -0.3 is 15.6 Å². The minimum absolute atomic E-state index is 0.114. The third kappa shape index (κ3) is 7.30. The first-order valence-electron chi connectivity index (χ1n) is 5.45. The Labute approximate surface area is 101 Å². The third-order valence-electron chi connectivity index (χ3n) is 2.13. The van der Waals surface area contributed by atoms with E-state index in [0.717, 1.165) is 0 Å². The van der Waals surface area contributed by atoms with Crippen LogP contribution in [-0.2, 0) is 14.3 Å². The van der Waals surface area contributed by atoms with Gasteiger partial charge in [0.1, 0.15) is 0 Å². The van der Waals surface area contributed by atoms with Gasteiger partial charge in [0.25, 0.3) is 0 Å². The van der Waals surface area contributed by atoms with Crippen molar-refractivity contribution in [2.24, 2.45) is 5.73 Å². The molecule has 0 aromatic heterocycles. The maximum atomic E-state index is 11.3. The lowest BCUT2D eigenvalue weighted by atomic mass is 10.1. The molecule has 0 aliphatic rings. The normalized spacial score (nSPS) is 9.71. The molecule has 0 saturated heterocycles. The van der Waals surface area contributed by atoms with Crippen molar-refractivity contribution >= 4 is 11.9 Å². The van der Waals surface area contributed by atoms with Crippen LogP contribution in [0.2, 0.25) is 0 Å². The van der Waals surface area contributed by atoms with Crippen molar-refractivity contribution in [1.82, 2.24) is 0 Å². The van der Waals surface area contributed by atoms with Gasteiger partial charge in [-0.15, -0.1) is 0 Å². The monoisotopic (exact) mass is 241 g/mol. The van der Waals surface area contributed by atoms with Crippen molar-refractivity contribution in [2.45, 2.75) is 25.7 Å². The zero-order chi connectivity index (χ0) is 13.3. The molecule has 0 fully saturated rings. The van der Waals surface area contributed by atoms with Gasteiger partial charge in [-0.05, 0) is 32.2 Å². The zero-order valence-electron chi connectivity index (χ0n) is 9.91. The number of rotatable bonds is 9. The van der Waals surface area contributed by atoms with Crippen molar-refractivity contribution in [3.8, 4) is 0 Å². The van der Waals surface area contributed by atoms with E-state index in [1.54, 1.807) is 0 Å². The number of carboxylic acids is 1. The van der Waals surface area contributed by atoms with E-state index in [1.807, 2.05) is 0 Å². The molecule has 0 saturated carbocycles. The molecule has 17 heavy (non-hydrogen) atoms. The fourth-order valence-corrected chi connectivity index (χ4v) is 1.08. The first-order valence-corrected chi connectivity index (χ1v) is 5.45. The van der Waals surface area contributed by atoms with Crippen molar-refractivity contribution in [1.29, 1.82) is 0 Å². The molecule has 0 aromatic carbocycles. The van der Waals surface area contributed by atoms with Gasteiger partial charge in [0.15, 0.2) is 0 Å². The summed E-state index contributed by atoms with van der Waals surface area (Å²) in [7, 11) is 0. The van der Waals surface area contributed by atoms with E-state index in [1.165, 1.54) is 0 Å². The minimum atomic E-state index is -1.02. The quantitative estimate of drug-likeness (QED) is 0.360. The summed E-state index contributed by atoms with van der Waals surface area (Å²) in [4.78, 5) is 21.7. The molecule has 0 radical (unpaired) electrons. The second-order valence-corrected chi connectivity index (χ2v) is 3.64.